The van der Waals surface area contributed by atoms with Gasteiger partial charge in [0.2, 0.25) is 0 Å². The van der Waals surface area contributed by atoms with Crippen LogP contribution in [0.15, 0.2) is 139 Å². The number of imidazole rings is 1. The van der Waals surface area contributed by atoms with Crippen molar-refractivity contribution in [2.75, 3.05) is 0 Å². The number of nitrogens with zero attached hydrogens (tertiary/aromatic N) is 2. The van der Waals surface area contributed by atoms with Gasteiger partial charge in [-0.1, -0.05) is 141 Å². The van der Waals surface area contributed by atoms with Crippen LogP contribution in [0.5, 0.6) is 0 Å². The van der Waals surface area contributed by atoms with Crippen molar-refractivity contribution in [1.29, 1.82) is 0 Å². The number of hydrogen-bond acceptors (Lipinski definition) is 5. The Morgan fingerprint density at radius 1 is 0.769 bits per heavy atom. The molecule has 2 aliphatic carbocycles. The normalized spacial score (nSPS) is 17.2. The van der Waals surface area contributed by atoms with Crippen molar-refractivity contribution in [2.24, 2.45) is 17.8 Å². The number of carbonyl (C=O) groups is 1. The molecule has 2 aliphatic rings. The van der Waals surface area contributed by atoms with Gasteiger partial charge in [-0.2, -0.15) is 0 Å². The second-order valence-corrected chi connectivity index (χ2v) is 17.0. The van der Waals surface area contributed by atoms with Crippen molar-refractivity contribution in [3.05, 3.63) is 156 Å². The summed E-state index contributed by atoms with van der Waals surface area (Å²) in [6, 6.07) is 40.2. The van der Waals surface area contributed by atoms with E-state index in [4.69, 9.17) is 9.72 Å². The van der Waals surface area contributed by atoms with Crippen molar-refractivity contribution in [2.45, 2.75) is 92.9 Å². The summed E-state index contributed by atoms with van der Waals surface area (Å²) in [6.07, 6.45) is 12.9. The van der Waals surface area contributed by atoms with E-state index in [9.17, 15) is 13.2 Å². The number of benzene rings is 4. The van der Waals surface area contributed by atoms with Gasteiger partial charge in [0.25, 0.3) is 0 Å². The van der Waals surface area contributed by atoms with Crippen molar-refractivity contribution in [3.8, 4) is 0 Å². The topological polar surface area (TPSA) is 78.3 Å². The summed E-state index contributed by atoms with van der Waals surface area (Å²) in [4.78, 5) is 18.2. The molecule has 0 radical (unpaired) electrons. The summed E-state index contributed by atoms with van der Waals surface area (Å²) in [7, 11) is -3.82. The lowest BCUT2D eigenvalue weighted by Crippen LogP contribution is -2.44. The van der Waals surface area contributed by atoms with Crippen molar-refractivity contribution >= 4 is 15.8 Å². The fourth-order valence-electron chi connectivity index (χ4n) is 8.74. The maximum Gasteiger partial charge on any atom is 0.302 e. The zero-order valence-corrected chi connectivity index (χ0v) is 30.9. The Hall–Kier alpha value is -4.49. The summed E-state index contributed by atoms with van der Waals surface area (Å²) in [5.74, 6) is 0.113. The summed E-state index contributed by atoms with van der Waals surface area (Å²) >= 11 is 0. The van der Waals surface area contributed by atoms with Crippen LogP contribution in [0.4, 0.5) is 0 Å². The molecule has 3 unspecified atom stereocenters. The van der Waals surface area contributed by atoms with Crippen LogP contribution >= 0.6 is 0 Å². The Labute approximate surface area is 309 Å². The smallest absolute Gasteiger partial charge is 0.302 e. The quantitative estimate of drug-likeness (QED) is 0.0798. The molecule has 270 valence electrons. The minimum absolute atomic E-state index is 0.193. The summed E-state index contributed by atoms with van der Waals surface area (Å²) in [5.41, 5.74) is 3.45. The van der Waals surface area contributed by atoms with Crippen LogP contribution in [0.1, 0.15) is 87.1 Å². The fourth-order valence-corrected chi connectivity index (χ4v) is 10.7. The van der Waals surface area contributed by atoms with Crippen molar-refractivity contribution in [1.82, 2.24) is 9.55 Å². The Bertz CT molecular complexity index is 1890. The predicted molar refractivity (Wildman–Crippen MR) is 206 cm³/mol. The monoisotopic (exact) mass is 714 g/mol. The molecule has 0 N–H and O–H groups in total. The number of aromatic nitrogens is 2. The highest BCUT2D eigenvalue weighted by Gasteiger charge is 2.47. The highest BCUT2D eigenvalue weighted by molar-refractivity contribution is 7.92. The average Bonchev–Trinajstić information content (AvgIpc) is 3.93. The van der Waals surface area contributed by atoms with Crippen LogP contribution in [0, 0.1) is 17.8 Å². The van der Waals surface area contributed by atoms with Crippen LogP contribution in [-0.4, -0.2) is 35.3 Å². The van der Waals surface area contributed by atoms with Gasteiger partial charge in [-0.05, 0) is 72.8 Å². The Morgan fingerprint density at radius 3 is 1.79 bits per heavy atom. The first-order valence-corrected chi connectivity index (χ1v) is 20.6. The number of ether oxygens (including phenoxy) is 1. The van der Waals surface area contributed by atoms with Crippen LogP contribution in [-0.2, 0) is 31.3 Å². The Balaban J connectivity index is 1.29. The van der Waals surface area contributed by atoms with E-state index in [1.165, 1.54) is 26.2 Å². The summed E-state index contributed by atoms with van der Waals surface area (Å²) in [5, 5.41) is -0.842. The number of esters is 1. The van der Waals surface area contributed by atoms with E-state index in [0.29, 0.717) is 18.8 Å². The molecule has 1 aromatic heterocycles. The van der Waals surface area contributed by atoms with E-state index in [1.54, 1.807) is 24.3 Å². The van der Waals surface area contributed by atoms with Gasteiger partial charge in [0.15, 0.2) is 9.84 Å². The van der Waals surface area contributed by atoms with Crippen LogP contribution < -0.4 is 0 Å². The van der Waals surface area contributed by atoms with E-state index in [-0.39, 0.29) is 16.7 Å². The zero-order chi connectivity index (χ0) is 36.0. The highest BCUT2D eigenvalue weighted by Crippen LogP contribution is 2.45. The largest absolute Gasteiger partial charge is 0.461 e. The molecule has 3 atom stereocenters. The third-order valence-electron chi connectivity index (χ3n) is 11.4. The molecule has 0 amide bonds. The maximum atomic E-state index is 14.6. The lowest BCUT2D eigenvalue weighted by atomic mass is 9.76. The van der Waals surface area contributed by atoms with Crippen LogP contribution in [0.2, 0.25) is 0 Å². The number of hydrogen-bond donors (Lipinski definition) is 0. The molecule has 7 heteroatoms. The molecule has 2 fully saturated rings. The molecule has 0 saturated heterocycles. The van der Waals surface area contributed by atoms with Gasteiger partial charge in [0, 0.05) is 19.0 Å². The van der Waals surface area contributed by atoms with Gasteiger partial charge in [-0.15, -0.1) is 0 Å². The Morgan fingerprint density at radius 2 is 1.29 bits per heavy atom. The first-order valence-electron chi connectivity index (χ1n) is 19.0. The predicted octanol–water partition coefficient (Wildman–Crippen LogP) is 9.43. The van der Waals surface area contributed by atoms with E-state index >= 15 is 0 Å². The molecule has 5 aromatic rings. The number of carbonyl (C=O) groups excluding carboxylic acids is 1. The van der Waals surface area contributed by atoms with E-state index in [1.807, 2.05) is 30.6 Å². The van der Waals surface area contributed by atoms with E-state index < -0.39 is 32.7 Å². The summed E-state index contributed by atoms with van der Waals surface area (Å²) < 4.78 is 37.7. The van der Waals surface area contributed by atoms with Gasteiger partial charge < -0.3 is 9.30 Å². The standard InChI is InChI=1S/C45H50N2O4S/c1-34(48)51-44(43(30-27-35-17-7-2-8-18-35)52(49,50)41-25-15-6-16-26-41)42(36-28-29-36)31-40-32-47(33-46-40)45(37-19-9-3-10-20-37,38-21-11-4-12-22-38)39-23-13-5-14-24-39/h3-6,9-16,19-26,32-33,35-36,42-44H,2,7-8,17-18,27-31H2,1H3. The molecular weight excluding hydrogens is 665 g/mol. The van der Waals surface area contributed by atoms with Gasteiger partial charge >= 0.3 is 5.97 Å². The Kier molecular flexibility index (Phi) is 11.1. The molecule has 1 heterocycles. The molecule has 0 bridgehead atoms. The molecule has 6 nitrogen and oxygen atoms in total. The summed E-state index contributed by atoms with van der Waals surface area (Å²) in [6.45, 7) is 1.41. The molecule has 2 saturated carbocycles. The van der Waals surface area contributed by atoms with Crippen LogP contribution in [0.3, 0.4) is 0 Å². The molecule has 4 aromatic carbocycles. The number of rotatable bonds is 15. The lowest BCUT2D eigenvalue weighted by molar-refractivity contribution is -0.149. The molecule has 7 rings (SSSR count). The van der Waals surface area contributed by atoms with E-state index in [2.05, 4.69) is 83.6 Å². The van der Waals surface area contributed by atoms with Crippen molar-refractivity contribution in [3.63, 3.8) is 0 Å². The minimum atomic E-state index is -3.82. The third kappa shape index (κ3) is 7.66. The lowest BCUT2D eigenvalue weighted by Gasteiger charge is -2.37. The van der Waals surface area contributed by atoms with E-state index in [0.717, 1.165) is 54.5 Å². The van der Waals surface area contributed by atoms with Gasteiger partial charge in [0.1, 0.15) is 16.9 Å². The SMILES string of the molecule is CC(=O)OC(C(Cc1cn(C(c2ccccc2)(c2ccccc2)c2ccccc2)cn1)C1CC1)C(CCC1CCCCC1)S(=O)(=O)c1ccccc1. The first kappa shape index (κ1) is 35.9. The maximum absolute atomic E-state index is 14.6. The molecule has 52 heavy (non-hydrogen) atoms. The van der Waals surface area contributed by atoms with Gasteiger partial charge in [0.05, 0.1) is 16.9 Å². The fraction of sp³-hybridized carbons (Fsp3) is 0.378. The molecule has 0 spiro atoms. The van der Waals surface area contributed by atoms with Gasteiger partial charge in [-0.25, -0.2) is 13.4 Å². The first-order chi connectivity index (χ1) is 25.4. The second kappa shape index (κ2) is 16.0. The second-order valence-electron chi connectivity index (χ2n) is 14.8. The average molecular weight is 715 g/mol. The van der Waals surface area contributed by atoms with Crippen molar-refractivity contribution < 1.29 is 17.9 Å². The van der Waals surface area contributed by atoms with Gasteiger partial charge in [-0.3, -0.25) is 4.79 Å². The third-order valence-corrected chi connectivity index (χ3v) is 13.6. The number of sulfone groups is 1. The minimum Gasteiger partial charge on any atom is -0.461 e. The molecular formula is C45H50N2O4S. The van der Waals surface area contributed by atoms with Crippen LogP contribution in [0.25, 0.3) is 0 Å². The highest BCUT2D eigenvalue weighted by atomic mass is 32.2. The molecule has 0 aliphatic heterocycles. The zero-order valence-electron chi connectivity index (χ0n) is 30.1.